The number of carbonyl (C=O) groups excluding carboxylic acids is 1. The molecule has 0 spiro atoms. The van der Waals surface area contributed by atoms with Gasteiger partial charge in [0.15, 0.2) is 5.76 Å². The number of benzene rings is 1. The van der Waals surface area contributed by atoms with Crippen LogP contribution in [0.15, 0.2) is 40.9 Å². The van der Waals surface area contributed by atoms with E-state index in [0.29, 0.717) is 12.4 Å². The zero-order chi connectivity index (χ0) is 14.5. The number of hydrogen-bond acceptors (Lipinski definition) is 4. The van der Waals surface area contributed by atoms with Crippen LogP contribution >= 0.6 is 0 Å². The topological polar surface area (TPSA) is 72.4 Å². The lowest BCUT2D eigenvalue weighted by Gasteiger charge is -2.22. The maximum absolute atomic E-state index is 11.1. The largest absolute Gasteiger partial charge is 0.439 e. The van der Waals surface area contributed by atoms with Crippen LogP contribution in [0.25, 0.3) is 11.3 Å². The maximum atomic E-state index is 11.1. The molecule has 2 aromatic rings. The molecule has 5 heteroatoms. The highest BCUT2D eigenvalue weighted by Crippen LogP contribution is 2.20. The Hall–Kier alpha value is -2.14. The van der Waals surface area contributed by atoms with E-state index in [1.807, 2.05) is 49.1 Å². The van der Waals surface area contributed by atoms with Crippen molar-refractivity contribution in [3.63, 3.8) is 0 Å². The Morgan fingerprint density at radius 3 is 2.65 bits per heavy atom. The van der Waals surface area contributed by atoms with Crippen molar-refractivity contribution in [1.82, 2.24) is 9.88 Å². The summed E-state index contributed by atoms with van der Waals surface area (Å²) in [6, 6.07) is 9.97. The molecule has 0 aliphatic heterocycles. The van der Waals surface area contributed by atoms with E-state index in [4.69, 9.17) is 10.2 Å². The molecule has 0 unspecified atom stereocenters. The van der Waals surface area contributed by atoms with Gasteiger partial charge in [0.2, 0.25) is 11.8 Å². The second-order valence-corrected chi connectivity index (χ2v) is 4.95. The molecule has 0 bridgehead atoms. The fraction of sp³-hybridized carbons (Fsp3) is 0.333. The van der Waals surface area contributed by atoms with Crippen molar-refractivity contribution in [2.75, 3.05) is 6.54 Å². The van der Waals surface area contributed by atoms with Crippen LogP contribution in [0, 0.1) is 0 Å². The van der Waals surface area contributed by atoms with Crippen LogP contribution in [0.1, 0.15) is 19.7 Å². The maximum Gasteiger partial charge on any atom is 0.231 e. The molecule has 5 nitrogen and oxygen atoms in total. The van der Waals surface area contributed by atoms with Crippen LogP contribution in [0.2, 0.25) is 0 Å². The highest BCUT2D eigenvalue weighted by Gasteiger charge is 2.16. The van der Waals surface area contributed by atoms with Crippen LogP contribution in [0.4, 0.5) is 0 Å². The molecular weight excluding hydrogens is 254 g/mol. The Balaban J connectivity index is 2.10. The van der Waals surface area contributed by atoms with E-state index >= 15 is 0 Å². The molecule has 0 saturated carbocycles. The van der Waals surface area contributed by atoms with Gasteiger partial charge >= 0.3 is 0 Å². The van der Waals surface area contributed by atoms with Crippen LogP contribution in [-0.4, -0.2) is 28.4 Å². The van der Waals surface area contributed by atoms with Gasteiger partial charge in [-0.05, 0) is 13.8 Å². The van der Waals surface area contributed by atoms with E-state index < -0.39 is 0 Å². The van der Waals surface area contributed by atoms with Crippen molar-refractivity contribution < 1.29 is 9.21 Å². The molecule has 2 N–H and O–H groups in total. The molecule has 106 valence electrons. The van der Waals surface area contributed by atoms with Crippen molar-refractivity contribution in [3.05, 3.63) is 42.4 Å². The summed E-state index contributed by atoms with van der Waals surface area (Å²) < 4.78 is 5.73. The van der Waals surface area contributed by atoms with Gasteiger partial charge in [-0.25, -0.2) is 4.98 Å². The van der Waals surface area contributed by atoms with Gasteiger partial charge in [-0.1, -0.05) is 30.3 Å². The first-order chi connectivity index (χ1) is 9.56. The molecule has 0 saturated heterocycles. The minimum Gasteiger partial charge on any atom is -0.439 e. The van der Waals surface area contributed by atoms with E-state index in [2.05, 4.69) is 4.98 Å². The molecule has 0 fully saturated rings. The van der Waals surface area contributed by atoms with Gasteiger partial charge in [-0.2, -0.15) is 0 Å². The third kappa shape index (κ3) is 3.68. The first-order valence-corrected chi connectivity index (χ1v) is 6.58. The van der Waals surface area contributed by atoms with Gasteiger partial charge < -0.3 is 10.2 Å². The fourth-order valence-corrected chi connectivity index (χ4v) is 1.91. The lowest BCUT2D eigenvalue weighted by molar-refractivity contribution is -0.119. The van der Waals surface area contributed by atoms with Crippen LogP contribution in [-0.2, 0) is 11.3 Å². The molecule has 0 aliphatic rings. The Kier molecular flexibility index (Phi) is 4.53. The third-order valence-electron chi connectivity index (χ3n) is 3.04. The minimum atomic E-state index is -0.353. The molecule has 0 atom stereocenters. The Bertz CT molecular complexity index is 564. The second-order valence-electron chi connectivity index (χ2n) is 4.95. The standard InChI is InChI=1S/C15H19N3O2/c1-11(2)18(9-14(16)19)10-15-17-8-13(20-15)12-6-4-3-5-7-12/h3-8,11H,9-10H2,1-2H3,(H2,16,19). The lowest BCUT2D eigenvalue weighted by atomic mass is 10.2. The Labute approximate surface area is 118 Å². The van der Waals surface area contributed by atoms with Crippen molar-refractivity contribution in [2.24, 2.45) is 5.73 Å². The van der Waals surface area contributed by atoms with E-state index in [1.54, 1.807) is 6.20 Å². The summed E-state index contributed by atoms with van der Waals surface area (Å²) in [7, 11) is 0. The monoisotopic (exact) mass is 273 g/mol. The number of nitrogens with two attached hydrogens (primary N) is 1. The van der Waals surface area contributed by atoms with E-state index in [0.717, 1.165) is 11.3 Å². The SMILES string of the molecule is CC(C)N(CC(N)=O)Cc1ncc(-c2ccccc2)o1. The number of nitrogens with zero attached hydrogens (tertiary/aromatic N) is 2. The summed E-state index contributed by atoms with van der Waals surface area (Å²) in [4.78, 5) is 17.2. The molecular formula is C15H19N3O2. The number of amides is 1. The summed E-state index contributed by atoms with van der Waals surface area (Å²) in [5.74, 6) is 0.954. The number of oxazole rings is 1. The van der Waals surface area contributed by atoms with Crippen molar-refractivity contribution in [3.8, 4) is 11.3 Å². The van der Waals surface area contributed by atoms with Crippen molar-refractivity contribution >= 4 is 5.91 Å². The van der Waals surface area contributed by atoms with Gasteiger partial charge in [-0.15, -0.1) is 0 Å². The number of rotatable bonds is 6. The highest BCUT2D eigenvalue weighted by atomic mass is 16.4. The molecule has 1 heterocycles. The average Bonchev–Trinajstić information content (AvgIpc) is 2.87. The second kappa shape index (κ2) is 6.34. The zero-order valence-corrected chi connectivity index (χ0v) is 11.7. The first-order valence-electron chi connectivity index (χ1n) is 6.58. The van der Waals surface area contributed by atoms with E-state index in [1.165, 1.54) is 0 Å². The fourth-order valence-electron chi connectivity index (χ4n) is 1.91. The molecule has 0 radical (unpaired) electrons. The number of primary amides is 1. The predicted octanol–water partition coefficient (Wildman–Crippen LogP) is 2.04. The first kappa shape index (κ1) is 14.3. The van der Waals surface area contributed by atoms with Crippen LogP contribution in [0.5, 0.6) is 0 Å². The molecule has 0 aliphatic carbocycles. The van der Waals surface area contributed by atoms with Crippen LogP contribution in [0.3, 0.4) is 0 Å². The molecule has 1 aromatic carbocycles. The minimum absolute atomic E-state index is 0.189. The Morgan fingerprint density at radius 2 is 2.05 bits per heavy atom. The van der Waals surface area contributed by atoms with Gasteiger partial charge in [0.05, 0.1) is 19.3 Å². The number of carbonyl (C=O) groups is 1. The van der Waals surface area contributed by atoms with Gasteiger partial charge in [0.1, 0.15) is 0 Å². The summed E-state index contributed by atoms with van der Waals surface area (Å²) in [6.45, 7) is 4.67. The van der Waals surface area contributed by atoms with E-state index in [9.17, 15) is 4.79 Å². The molecule has 1 amide bonds. The Morgan fingerprint density at radius 1 is 1.35 bits per heavy atom. The highest BCUT2D eigenvalue weighted by molar-refractivity contribution is 5.75. The molecule has 1 aromatic heterocycles. The third-order valence-corrected chi connectivity index (χ3v) is 3.04. The van der Waals surface area contributed by atoms with Crippen molar-refractivity contribution in [1.29, 1.82) is 0 Å². The van der Waals surface area contributed by atoms with Crippen molar-refractivity contribution in [2.45, 2.75) is 26.4 Å². The normalized spacial score (nSPS) is 11.2. The summed E-state index contributed by atoms with van der Waals surface area (Å²) in [5, 5.41) is 0. The van der Waals surface area contributed by atoms with Gasteiger partial charge in [0, 0.05) is 11.6 Å². The average molecular weight is 273 g/mol. The summed E-state index contributed by atoms with van der Waals surface area (Å²) in [6.07, 6.45) is 1.70. The quantitative estimate of drug-likeness (QED) is 0.874. The predicted molar refractivity (Wildman–Crippen MR) is 76.7 cm³/mol. The summed E-state index contributed by atoms with van der Waals surface area (Å²) in [5.41, 5.74) is 6.23. The van der Waals surface area contributed by atoms with Crippen LogP contribution < -0.4 is 5.73 Å². The number of hydrogen-bond donors (Lipinski definition) is 1. The van der Waals surface area contributed by atoms with Gasteiger partial charge in [0.25, 0.3) is 0 Å². The van der Waals surface area contributed by atoms with Gasteiger partial charge in [-0.3, -0.25) is 9.69 Å². The van der Waals surface area contributed by atoms with E-state index in [-0.39, 0.29) is 18.5 Å². The molecule has 2 rings (SSSR count). The summed E-state index contributed by atoms with van der Waals surface area (Å²) >= 11 is 0. The molecule has 20 heavy (non-hydrogen) atoms. The zero-order valence-electron chi connectivity index (χ0n) is 11.7. The lowest BCUT2D eigenvalue weighted by Crippen LogP contribution is -2.38. The smallest absolute Gasteiger partial charge is 0.231 e. The number of aromatic nitrogens is 1.